The molecular weight excluding hydrogens is 308 g/mol. The second kappa shape index (κ2) is 3.87. The monoisotopic (exact) mass is 314 g/mol. The van der Waals surface area contributed by atoms with Gasteiger partial charge in [0.05, 0.1) is 16.4 Å². The molecule has 4 heteroatoms. The van der Waals surface area contributed by atoms with Crippen LogP contribution in [0.25, 0.3) is 5.69 Å². The van der Waals surface area contributed by atoms with Gasteiger partial charge in [-0.05, 0) is 46.6 Å². The van der Waals surface area contributed by atoms with Crippen LogP contribution in [0.2, 0.25) is 0 Å². The van der Waals surface area contributed by atoms with Crippen LogP contribution in [0.15, 0.2) is 39.5 Å². The van der Waals surface area contributed by atoms with Gasteiger partial charge in [0.1, 0.15) is 0 Å². The number of aromatic nitrogens is 2. The minimum absolute atomic E-state index is 0.984. The van der Waals surface area contributed by atoms with Gasteiger partial charge < -0.3 is 0 Å². The van der Waals surface area contributed by atoms with Gasteiger partial charge in [-0.25, -0.2) is 4.68 Å². The zero-order chi connectivity index (χ0) is 10.1. The first-order valence-corrected chi connectivity index (χ1v) is 5.72. The van der Waals surface area contributed by atoms with Crippen molar-refractivity contribution in [2.45, 2.75) is 6.92 Å². The van der Waals surface area contributed by atoms with E-state index in [1.54, 1.807) is 6.20 Å². The lowest BCUT2D eigenvalue weighted by molar-refractivity contribution is 0.878. The van der Waals surface area contributed by atoms with Crippen molar-refractivity contribution in [1.29, 1.82) is 0 Å². The summed E-state index contributed by atoms with van der Waals surface area (Å²) in [5, 5.41) is 4.21. The first-order valence-electron chi connectivity index (χ1n) is 4.13. The van der Waals surface area contributed by atoms with E-state index in [0.29, 0.717) is 0 Å². The van der Waals surface area contributed by atoms with E-state index in [1.807, 2.05) is 23.0 Å². The third-order valence-corrected chi connectivity index (χ3v) is 3.26. The molecule has 1 heterocycles. The smallest absolute Gasteiger partial charge is 0.0649 e. The Morgan fingerprint density at radius 1 is 1.29 bits per heavy atom. The summed E-state index contributed by atoms with van der Waals surface area (Å²) in [5.41, 5.74) is 2.27. The topological polar surface area (TPSA) is 17.8 Å². The molecule has 2 rings (SSSR count). The van der Waals surface area contributed by atoms with Gasteiger partial charge in [-0.1, -0.05) is 15.9 Å². The molecule has 0 saturated carbocycles. The summed E-state index contributed by atoms with van der Waals surface area (Å²) < 4.78 is 3.94. The summed E-state index contributed by atoms with van der Waals surface area (Å²) in [5.74, 6) is 0. The van der Waals surface area contributed by atoms with Crippen LogP contribution < -0.4 is 0 Å². The Kier molecular flexibility index (Phi) is 2.74. The number of nitrogens with zero attached hydrogens (tertiary/aromatic N) is 2. The van der Waals surface area contributed by atoms with Gasteiger partial charge in [0, 0.05) is 10.7 Å². The van der Waals surface area contributed by atoms with Crippen molar-refractivity contribution in [3.63, 3.8) is 0 Å². The lowest BCUT2D eigenvalue weighted by Crippen LogP contribution is -1.94. The number of hydrogen-bond acceptors (Lipinski definition) is 1. The zero-order valence-electron chi connectivity index (χ0n) is 7.54. The van der Waals surface area contributed by atoms with E-state index >= 15 is 0 Å². The first kappa shape index (κ1) is 9.93. The van der Waals surface area contributed by atoms with Gasteiger partial charge in [0.2, 0.25) is 0 Å². The summed E-state index contributed by atoms with van der Waals surface area (Å²) >= 11 is 6.84. The molecule has 0 fully saturated rings. The molecule has 0 N–H and O–H groups in total. The molecule has 72 valence electrons. The molecule has 2 aromatic rings. The molecule has 0 spiro atoms. The number of halogens is 2. The van der Waals surface area contributed by atoms with Crippen molar-refractivity contribution in [3.05, 3.63) is 45.1 Å². The standard InChI is InChI=1S/C10H8Br2N2/c1-7-4-9(2-3-10(7)12)14-6-8(11)5-13-14/h2-6H,1H3. The highest BCUT2D eigenvalue weighted by Crippen LogP contribution is 2.20. The third kappa shape index (κ3) is 1.91. The van der Waals surface area contributed by atoms with Crippen molar-refractivity contribution in [3.8, 4) is 5.69 Å². The highest BCUT2D eigenvalue weighted by atomic mass is 79.9. The van der Waals surface area contributed by atoms with Gasteiger partial charge in [-0.2, -0.15) is 5.10 Å². The van der Waals surface area contributed by atoms with Crippen molar-refractivity contribution >= 4 is 31.9 Å². The number of benzene rings is 1. The lowest BCUT2D eigenvalue weighted by atomic mass is 10.2. The Labute approximate surface area is 99.2 Å². The van der Waals surface area contributed by atoms with Crippen LogP contribution in [0.1, 0.15) is 5.56 Å². The Hall–Kier alpha value is -0.610. The average molecular weight is 316 g/mol. The fourth-order valence-corrected chi connectivity index (χ4v) is 1.75. The van der Waals surface area contributed by atoms with E-state index in [-0.39, 0.29) is 0 Å². The van der Waals surface area contributed by atoms with Crippen molar-refractivity contribution < 1.29 is 0 Å². The van der Waals surface area contributed by atoms with Gasteiger partial charge >= 0.3 is 0 Å². The SMILES string of the molecule is Cc1cc(-n2cc(Br)cn2)ccc1Br. The normalized spacial score (nSPS) is 10.5. The van der Waals surface area contributed by atoms with E-state index in [0.717, 1.165) is 14.6 Å². The molecule has 0 unspecified atom stereocenters. The molecule has 0 aliphatic heterocycles. The largest absolute Gasteiger partial charge is 0.240 e. The van der Waals surface area contributed by atoms with Crippen LogP contribution in [-0.4, -0.2) is 9.78 Å². The quantitative estimate of drug-likeness (QED) is 0.784. The Morgan fingerprint density at radius 2 is 2.07 bits per heavy atom. The molecule has 0 aliphatic carbocycles. The van der Waals surface area contributed by atoms with E-state index in [1.165, 1.54) is 5.56 Å². The predicted octanol–water partition coefficient (Wildman–Crippen LogP) is 3.71. The van der Waals surface area contributed by atoms with Crippen molar-refractivity contribution in [2.75, 3.05) is 0 Å². The molecule has 0 amide bonds. The minimum Gasteiger partial charge on any atom is -0.240 e. The maximum absolute atomic E-state index is 4.21. The van der Waals surface area contributed by atoms with Gasteiger partial charge in [0.15, 0.2) is 0 Å². The summed E-state index contributed by atoms with van der Waals surface area (Å²) in [4.78, 5) is 0. The highest BCUT2D eigenvalue weighted by Gasteiger charge is 2.00. The van der Waals surface area contributed by atoms with Crippen LogP contribution in [0.4, 0.5) is 0 Å². The highest BCUT2D eigenvalue weighted by molar-refractivity contribution is 9.10. The second-order valence-corrected chi connectivity index (χ2v) is 4.81. The molecule has 0 aliphatic rings. The molecule has 0 radical (unpaired) electrons. The molecule has 14 heavy (non-hydrogen) atoms. The Bertz CT molecular complexity index is 463. The van der Waals surface area contributed by atoms with Gasteiger partial charge in [0.25, 0.3) is 0 Å². The van der Waals surface area contributed by atoms with Gasteiger partial charge in [-0.15, -0.1) is 0 Å². The maximum Gasteiger partial charge on any atom is 0.0649 e. The molecule has 2 nitrogen and oxygen atoms in total. The van der Waals surface area contributed by atoms with Crippen LogP contribution in [0.5, 0.6) is 0 Å². The first-order chi connectivity index (χ1) is 6.66. The fourth-order valence-electron chi connectivity index (χ4n) is 1.21. The second-order valence-electron chi connectivity index (χ2n) is 3.04. The van der Waals surface area contributed by atoms with Crippen molar-refractivity contribution in [2.24, 2.45) is 0 Å². The van der Waals surface area contributed by atoms with Crippen LogP contribution in [0, 0.1) is 6.92 Å². The average Bonchev–Trinajstić information content (AvgIpc) is 2.57. The summed E-state index contributed by atoms with van der Waals surface area (Å²) in [6, 6.07) is 6.14. The van der Waals surface area contributed by atoms with E-state index in [9.17, 15) is 0 Å². The van der Waals surface area contributed by atoms with E-state index in [2.05, 4.69) is 49.9 Å². The van der Waals surface area contributed by atoms with Gasteiger partial charge in [-0.3, -0.25) is 0 Å². The summed E-state index contributed by atoms with van der Waals surface area (Å²) in [6.07, 6.45) is 3.71. The van der Waals surface area contributed by atoms with Crippen LogP contribution in [0.3, 0.4) is 0 Å². The predicted molar refractivity (Wildman–Crippen MR) is 63.7 cm³/mol. The van der Waals surface area contributed by atoms with E-state index < -0.39 is 0 Å². The Morgan fingerprint density at radius 3 is 2.64 bits per heavy atom. The molecule has 0 saturated heterocycles. The minimum atomic E-state index is 0.984. The summed E-state index contributed by atoms with van der Waals surface area (Å²) in [7, 11) is 0. The molecule has 0 atom stereocenters. The van der Waals surface area contributed by atoms with Crippen LogP contribution in [-0.2, 0) is 0 Å². The Balaban J connectivity index is 2.47. The van der Waals surface area contributed by atoms with Crippen molar-refractivity contribution in [1.82, 2.24) is 9.78 Å². The molecular formula is C10H8Br2N2. The van der Waals surface area contributed by atoms with E-state index in [4.69, 9.17) is 0 Å². The molecule has 1 aromatic heterocycles. The maximum atomic E-state index is 4.21. The number of hydrogen-bond donors (Lipinski definition) is 0. The zero-order valence-corrected chi connectivity index (χ0v) is 10.7. The number of aryl methyl sites for hydroxylation is 1. The fraction of sp³-hybridized carbons (Fsp3) is 0.100. The third-order valence-electron chi connectivity index (χ3n) is 1.96. The van der Waals surface area contributed by atoms with Crippen LogP contribution >= 0.6 is 31.9 Å². The lowest BCUT2D eigenvalue weighted by Gasteiger charge is -2.03. The number of rotatable bonds is 1. The molecule has 0 bridgehead atoms. The molecule has 1 aromatic carbocycles. The summed E-state index contributed by atoms with van der Waals surface area (Å²) in [6.45, 7) is 2.06.